The first-order chi connectivity index (χ1) is 7.94. The smallest absolute Gasteiger partial charge is 0.323 e. The van der Waals surface area contributed by atoms with Gasteiger partial charge in [0.25, 0.3) is 0 Å². The second-order valence-electron chi connectivity index (χ2n) is 5.98. The van der Waals surface area contributed by atoms with Crippen LogP contribution in [0.1, 0.15) is 52.4 Å². The lowest BCUT2D eigenvalue weighted by atomic mass is 9.98. The van der Waals surface area contributed by atoms with Crippen LogP contribution in [0.5, 0.6) is 0 Å². The van der Waals surface area contributed by atoms with Crippen molar-refractivity contribution in [2.75, 3.05) is 6.54 Å². The van der Waals surface area contributed by atoms with Crippen LogP contribution in [-0.4, -0.2) is 34.9 Å². The van der Waals surface area contributed by atoms with Gasteiger partial charge in [0.2, 0.25) is 0 Å². The summed E-state index contributed by atoms with van der Waals surface area (Å²) in [5, 5.41) is 12.1. The average molecular weight is 241 g/mol. The van der Waals surface area contributed by atoms with E-state index in [-0.39, 0.29) is 11.7 Å². The maximum atomic E-state index is 11.0. The Labute approximate surface area is 103 Å². The molecule has 1 atom stereocenters. The van der Waals surface area contributed by atoms with Gasteiger partial charge in [-0.05, 0) is 39.5 Å². The highest BCUT2D eigenvalue weighted by Gasteiger charge is 2.42. The molecule has 0 aromatic rings. The molecule has 2 fully saturated rings. The van der Waals surface area contributed by atoms with Crippen molar-refractivity contribution in [3.8, 4) is 0 Å². The molecular weight excluding hydrogens is 218 g/mol. The minimum Gasteiger partial charge on any atom is -0.480 e. The van der Waals surface area contributed by atoms with Crippen molar-refractivity contribution in [2.24, 2.45) is 0 Å². The molecule has 1 aliphatic heterocycles. The molecular formula is C13H23NO3. The quantitative estimate of drug-likeness (QED) is 0.789. The maximum Gasteiger partial charge on any atom is 0.323 e. The Hall–Kier alpha value is -0.610. The van der Waals surface area contributed by atoms with Crippen molar-refractivity contribution in [2.45, 2.75) is 69.6 Å². The predicted molar refractivity (Wildman–Crippen MR) is 65.0 cm³/mol. The van der Waals surface area contributed by atoms with Gasteiger partial charge in [0.1, 0.15) is 5.54 Å². The van der Waals surface area contributed by atoms with Crippen LogP contribution in [0.4, 0.5) is 0 Å². The first kappa shape index (κ1) is 12.8. The van der Waals surface area contributed by atoms with Crippen molar-refractivity contribution in [3.05, 3.63) is 0 Å². The fourth-order valence-corrected chi connectivity index (χ4v) is 2.87. The number of nitrogens with one attached hydrogen (secondary N) is 1. The summed E-state index contributed by atoms with van der Waals surface area (Å²) in [6, 6.07) is 0. The van der Waals surface area contributed by atoms with Crippen molar-refractivity contribution in [3.63, 3.8) is 0 Å². The van der Waals surface area contributed by atoms with E-state index in [2.05, 4.69) is 5.32 Å². The van der Waals surface area contributed by atoms with Crippen LogP contribution in [0.3, 0.4) is 0 Å². The number of carboxylic acids is 1. The number of carboxylic acid groups (broad SMARTS) is 1. The summed E-state index contributed by atoms with van der Waals surface area (Å²) in [6.07, 6.45) is 7.32. The van der Waals surface area contributed by atoms with Crippen LogP contribution in [0.25, 0.3) is 0 Å². The number of ether oxygens (including phenoxy) is 1. The molecule has 2 N–H and O–H groups in total. The van der Waals surface area contributed by atoms with Crippen LogP contribution in [0.2, 0.25) is 0 Å². The van der Waals surface area contributed by atoms with E-state index < -0.39 is 11.5 Å². The third kappa shape index (κ3) is 2.80. The monoisotopic (exact) mass is 241 g/mol. The zero-order valence-electron chi connectivity index (χ0n) is 10.8. The lowest BCUT2D eigenvalue weighted by Crippen LogP contribution is -2.49. The predicted octanol–water partition coefficient (Wildman–Crippen LogP) is 1.93. The van der Waals surface area contributed by atoms with Gasteiger partial charge in [-0.1, -0.05) is 12.8 Å². The molecule has 17 heavy (non-hydrogen) atoms. The SMILES string of the molecule is CC(C)(NCC1CCC2(CCCC2)O1)C(=O)O. The lowest BCUT2D eigenvalue weighted by molar-refractivity contribution is -0.143. The minimum absolute atomic E-state index is 0.139. The zero-order valence-corrected chi connectivity index (χ0v) is 10.8. The van der Waals surface area contributed by atoms with E-state index in [4.69, 9.17) is 9.84 Å². The van der Waals surface area contributed by atoms with Crippen LogP contribution in [-0.2, 0) is 9.53 Å². The Morgan fingerprint density at radius 2 is 2.06 bits per heavy atom. The number of hydrogen-bond donors (Lipinski definition) is 2. The van der Waals surface area contributed by atoms with Gasteiger partial charge in [0, 0.05) is 6.54 Å². The van der Waals surface area contributed by atoms with E-state index in [0.29, 0.717) is 6.54 Å². The molecule has 1 aliphatic carbocycles. The summed E-state index contributed by atoms with van der Waals surface area (Å²) in [5.74, 6) is -0.814. The van der Waals surface area contributed by atoms with Crippen LogP contribution < -0.4 is 5.32 Å². The molecule has 0 radical (unpaired) electrons. The molecule has 2 aliphatic rings. The number of hydrogen-bond acceptors (Lipinski definition) is 3. The molecule has 1 saturated heterocycles. The second-order valence-corrected chi connectivity index (χ2v) is 5.98. The van der Waals surface area contributed by atoms with Crippen molar-refractivity contribution < 1.29 is 14.6 Å². The van der Waals surface area contributed by atoms with Gasteiger partial charge < -0.3 is 9.84 Å². The number of carbonyl (C=O) groups is 1. The zero-order chi connectivity index (χ0) is 12.5. The molecule has 4 nitrogen and oxygen atoms in total. The van der Waals surface area contributed by atoms with Gasteiger partial charge in [0.05, 0.1) is 11.7 Å². The Morgan fingerprint density at radius 1 is 1.41 bits per heavy atom. The molecule has 2 rings (SSSR count). The van der Waals surface area contributed by atoms with Gasteiger partial charge in [-0.25, -0.2) is 0 Å². The standard InChI is InChI=1S/C13H23NO3/c1-12(2,11(15)16)14-9-10-5-8-13(17-10)6-3-4-7-13/h10,14H,3-9H2,1-2H3,(H,15,16). The molecule has 4 heteroatoms. The van der Waals surface area contributed by atoms with Crippen LogP contribution in [0, 0.1) is 0 Å². The summed E-state index contributed by atoms with van der Waals surface area (Å²) in [7, 11) is 0. The van der Waals surface area contributed by atoms with E-state index in [9.17, 15) is 4.79 Å². The summed E-state index contributed by atoms with van der Waals surface area (Å²) < 4.78 is 6.13. The Bertz CT molecular complexity index is 295. The van der Waals surface area contributed by atoms with Crippen molar-refractivity contribution in [1.82, 2.24) is 5.32 Å². The third-order valence-corrected chi connectivity index (χ3v) is 4.16. The fraction of sp³-hybridized carbons (Fsp3) is 0.923. The van der Waals surface area contributed by atoms with Crippen molar-refractivity contribution >= 4 is 5.97 Å². The number of rotatable bonds is 4. The average Bonchev–Trinajstić information content (AvgIpc) is 2.87. The van der Waals surface area contributed by atoms with E-state index in [0.717, 1.165) is 12.8 Å². The molecule has 1 heterocycles. The van der Waals surface area contributed by atoms with Crippen LogP contribution in [0.15, 0.2) is 0 Å². The van der Waals surface area contributed by atoms with Gasteiger partial charge >= 0.3 is 5.97 Å². The molecule has 0 aromatic carbocycles. The van der Waals surface area contributed by atoms with E-state index in [1.54, 1.807) is 13.8 Å². The topological polar surface area (TPSA) is 58.6 Å². The highest BCUT2D eigenvalue weighted by molar-refractivity contribution is 5.77. The fourth-order valence-electron chi connectivity index (χ4n) is 2.87. The molecule has 98 valence electrons. The molecule has 0 aromatic heterocycles. The molecule has 0 amide bonds. The first-order valence-electron chi connectivity index (χ1n) is 6.60. The molecule has 0 bridgehead atoms. The lowest BCUT2D eigenvalue weighted by Gasteiger charge is -2.26. The van der Waals surface area contributed by atoms with Gasteiger partial charge in [-0.15, -0.1) is 0 Å². The van der Waals surface area contributed by atoms with Crippen LogP contribution >= 0.6 is 0 Å². The van der Waals surface area contributed by atoms with E-state index >= 15 is 0 Å². The van der Waals surface area contributed by atoms with E-state index in [1.807, 2.05) is 0 Å². The van der Waals surface area contributed by atoms with Gasteiger partial charge in [0.15, 0.2) is 0 Å². The summed E-state index contributed by atoms with van der Waals surface area (Å²) in [4.78, 5) is 11.0. The highest BCUT2D eigenvalue weighted by atomic mass is 16.5. The maximum absolute atomic E-state index is 11.0. The first-order valence-corrected chi connectivity index (χ1v) is 6.60. The van der Waals surface area contributed by atoms with Gasteiger partial charge in [-0.3, -0.25) is 10.1 Å². The van der Waals surface area contributed by atoms with E-state index in [1.165, 1.54) is 25.7 Å². The largest absolute Gasteiger partial charge is 0.480 e. The summed E-state index contributed by atoms with van der Waals surface area (Å²) in [5.41, 5.74) is -0.728. The highest BCUT2D eigenvalue weighted by Crippen LogP contribution is 2.43. The Kier molecular flexibility index (Phi) is 3.46. The summed E-state index contributed by atoms with van der Waals surface area (Å²) in [6.45, 7) is 4.02. The van der Waals surface area contributed by atoms with Gasteiger partial charge in [-0.2, -0.15) is 0 Å². The Balaban J connectivity index is 1.80. The Morgan fingerprint density at radius 3 is 2.65 bits per heavy atom. The summed E-state index contributed by atoms with van der Waals surface area (Å²) >= 11 is 0. The molecule has 1 saturated carbocycles. The minimum atomic E-state index is -0.866. The second kappa shape index (κ2) is 4.58. The van der Waals surface area contributed by atoms with Crippen molar-refractivity contribution in [1.29, 1.82) is 0 Å². The molecule has 1 spiro atoms. The molecule has 1 unspecified atom stereocenters. The third-order valence-electron chi connectivity index (χ3n) is 4.16. The number of aliphatic carboxylic acids is 1. The normalized spacial score (nSPS) is 27.8.